The lowest BCUT2D eigenvalue weighted by Crippen LogP contribution is -2.14. The molecule has 1 heterocycles. The molecule has 23 heavy (non-hydrogen) atoms. The first kappa shape index (κ1) is 15.8. The highest BCUT2D eigenvalue weighted by molar-refractivity contribution is 6.07. The van der Waals surface area contributed by atoms with Gasteiger partial charge in [0.1, 0.15) is 0 Å². The number of nitrogens with one attached hydrogen (secondary N) is 1. The minimum atomic E-state index is 0.991. The monoisotopic (exact) mass is 307 g/mol. The Hall–Kier alpha value is -2.13. The van der Waals surface area contributed by atoms with E-state index in [0.717, 1.165) is 24.1 Å². The summed E-state index contributed by atoms with van der Waals surface area (Å²) < 4.78 is 0. The van der Waals surface area contributed by atoms with Gasteiger partial charge < -0.3 is 10.2 Å². The van der Waals surface area contributed by atoms with Gasteiger partial charge in [-0.1, -0.05) is 30.3 Å². The Labute approximate surface area is 138 Å². The van der Waals surface area contributed by atoms with Crippen LogP contribution in [0.15, 0.2) is 42.5 Å². The first-order valence-corrected chi connectivity index (χ1v) is 8.33. The quantitative estimate of drug-likeness (QED) is 0.538. The molecule has 0 aliphatic carbocycles. The fourth-order valence-corrected chi connectivity index (χ4v) is 2.96. The molecule has 0 saturated carbocycles. The molecule has 1 aromatic heterocycles. The van der Waals surface area contributed by atoms with E-state index >= 15 is 0 Å². The topological polar surface area (TPSA) is 28.2 Å². The van der Waals surface area contributed by atoms with E-state index in [2.05, 4.69) is 73.7 Å². The minimum absolute atomic E-state index is 0.991. The van der Waals surface area contributed by atoms with E-state index in [1.807, 2.05) is 0 Å². The number of benzene rings is 2. The smallest absolute Gasteiger partial charge is 0.0733 e. The third-order valence-corrected chi connectivity index (χ3v) is 4.17. The lowest BCUT2D eigenvalue weighted by atomic mass is 10.1. The van der Waals surface area contributed by atoms with Crippen LogP contribution in [0.1, 0.15) is 18.4 Å². The number of anilines is 1. The first-order chi connectivity index (χ1) is 11.1. The highest BCUT2D eigenvalue weighted by Crippen LogP contribution is 2.31. The molecule has 3 nitrogen and oxygen atoms in total. The lowest BCUT2D eigenvalue weighted by Gasteiger charge is -2.14. The molecule has 120 valence electrons. The van der Waals surface area contributed by atoms with Crippen LogP contribution in [0.3, 0.4) is 0 Å². The fourth-order valence-electron chi connectivity index (χ4n) is 2.96. The van der Waals surface area contributed by atoms with Crippen molar-refractivity contribution in [2.75, 3.05) is 32.5 Å². The van der Waals surface area contributed by atoms with Crippen molar-refractivity contribution in [3.63, 3.8) is 0 Å². The number of rotatable bonds is 6. The molecule has 3 heteroatoms. The summed E-state index contributed by atoms with van der Waals surface area (Å²) in [4.78, 5) is 7.06. The van der Waals surface area contributed by atoms with E-state index in [1.165, 1.54) is 34.9 Å². The summed E-state index contributed by atoms with van der Waals surface area (Å²) in [7, 11) is 4.25. The lowest BCUT2D eigenvalue weighted by molar-refractivity contribution is 0.396. The molecule has 0 radical (unpaired) electrons. The Kier molecular flexibility index (Phi) is 4.77. The average Bonchev–Trinajstić information content (AvgIpc) is 2.53. The number of pyridine rings is 1. The molecule has 3 aromatic rings. The molecule has 0 spiro atoms. The van der Waals surface area contributed by atoms with Crippen LogP contribution in [-0.2, 0) is 0 Å². The fraction of sp³-hybridized carbons (Fsp3) is 0.350. The summed E-state index contributed by atoms with van der Waals surface area (Å²) in [6, 6.07) is 14.9. The first-order valence-electron chi connectivity index (χ1n) is 8.33. The second-order valence-electron chi connectivity index (χ2n) is 6.46. The van der Waals surface area contributed by atoms with Crippen molar-refractivity contribution in [2.45, 2.75) is 19.8 Å². The van der Waals surface area contributed by atoms with Crippen molar-refractivity contribution < 1.29 is 0 Å². The van der Waals surface area contributed by atoms with Gasteiger partial charge in [-0.3, -0.25) is 0 Å². The van der Waals surface area contributed by atoms with Gasteiger partial charge in [0.05, 0.1) is 16.7 Å². The van der Waals surface area contributed by atoms with E-state index < -0.39 is 0 Å². The Morgan fingerprint density at radius 2 is 1.74 bits per heavy atom. The van der Waals surface area contributed by atoms with Crippen LogP contribution in [-0.4, -0.2) is 37.1 Å². The summed E-state index contributed by atoms with van der Waals surface area (Å²) in [5.74, 6) is 0. The predicted octanol–water partition coefficient (Wildman–Crippen LogP) is 4.45. The van der Waals surface area contributed by atoms with E-state index in [-0.39, 0.29) is 0 Å². The van der Waals surface area contributed by atoms with Crippen LogP contribution in [0, 0.1) is 6.92 Å². The highest BCUT2D eigenvalue weighted by atomic mass is 15.0. The average molecular weight is 307 g/mol. The Bertz CT molecular complexity index is 808. The number of aromatic nitrogens is 1. The van der Waals surface area contributed by atoms with E-state index in [0.29, 0.717) is 0 Å². The molecule has 0 saturated heterocycles. The van der Waals surface area contributed by atoms with Crippen LogP contribution in [0.2, 0.25) is 0 Å². The summed E-state index contributed by atoms with van der Waals surface area (Å²) in [6.45, 7) is 4.24. The molecule has 0 fully saturated rings. The van der Waals surface area contributed by atoms with Crippen molar-refractivity contribution in [2.24, 2.45) is 0 Å². The van der Waals surface area contributed by atoms with Crippen LogP contribution in [0.4, 0.5) is 5.69 Å². The van der Waals surface area contributed by atoms with Gasteiger partial charge in [-0.15, -0.1) is 0 Å². The van der Waals surface area contributed by atoms with Crippen molar-refractivity contribution in [1.29, 1.82) is 0 Å². The molecule has 0 aliphatic rings. The van der Waals surface area contributed by atoms with Crippen molar-refractivity contribution in [1.82, 2.24) is 9.88 Å². The molecule has 2 aromatic carbocycles. The molecular formula is C20H25N3. The van der Waals surface area contributed by atoms with Gasteiger partial charge in [0.25, 0.3) is 0 Å². The number of nitrogens with zero attached hydrogens (tertiary/aromatic N) is 2. The molecule has 0 bridgehead atoms. The van der Waals surface area contributed by atoms with Gasteiger partial charge in [-0.25, -0.2) is 4.98 Å². The number of unbranched alkanes of at least 4 members (excludes halogenated alkanes) is 1. The van der Waals surface area contributed by atoms with Crippen LogP contribution < -0.4 is 5.32 Å². The molecule has 0 aliphatic heterocycles. The molecular weight excluding hydrogens is 282 g/mol. The van der Waals surface area contributed by atoms with Crippen LogP contribution >= 0.6 is 0 Å². The standard InChI is InChI=1S/C20H25N3/c1-15-10-11-17-19(14-15)22-18-9-5-4-8-16(18)20(17)21-12-6-7-13-23(2)3/h4-5,8-11,14H,6-7,12-13H2,1-3H3,(H,21,22). The van der Waals surface area contributed by atoms with E-state index in [9.17, 15) is 0 Å². The normalized spacial score (nSPS) is 11.5. The van der Waals surface area contributed by atoms with E-state index in [4.69, 9.17) is 4.98 Å². The predicted molar refractivity (Wildman–Crippen MR) is 100 cm³/mol. The molecule has 1 N–H and O–H groups in total. The maximum atomic E-state index is 4.82. The highest BCUT2D eigenvalue weighted by Gasteiger charge is 2.08. The largest absolute Gasteiger partial charge is 0.384 e. The molecule has 0 amide bonds. The number of fused-ring (bicyclic) bond motifs is 2. The zero-order valence-corrected chi connectivity index (χ0v) is 14.3. The van der Waals surface area contributed by atoms with Crippen molar-refractivity contribution in [3.05, 3.63) is 48.0 Å². The second-order valence-corrected chi connectivity index (χ2v) is 6.46. The SMILES string of the molecule is Cc1ccc2c(NCCCCN(C)C)c3ccccc3nc2c1. The van der Waals surface area contributed by atoms with Crippen LogP contribution in [0.25, 0.3) is 21.8 Å². The number of aryl methyl sites for hydroxylation is 1. The third kappa shape index (κ3) is 3.62. The number of hydrogen-bond donors (Lipinski definition) is 1. The van der Waals surface area contributed by atoms with Crippen LogP contribution in [0.5, 0.6) is 0 Å². The number of para-hydroxylation sites is 1. The zero-order chi connectivity index (χ0) is 16.2. The van der Waals surface area contributed by atoms with Gasteiger partial charge in [0.2, 0.25) is 0 Å². The number of hydrogen-bond acceptors (Lipinski definition) is 3. The minimum Gasteiger partial charge on any atom is -0.384 e. The second kappa shape index (κ2) is 6.97. The van der Waals surface area contributed by atoms with Gasteiger partial charge in [0.15, 0.2) is 0 Å². The maximum Gasteiger partial charge on any atom is 0.0733 e. The van der Waals surface area contributed by atoms with E-state index in [1.54, 1.807) is 0 Å². The van der Waals surface area contributed by atoms with Crippen molar-refractivity contribution >= 4 is 27.5 Å². The molecule has 0 unspecified atom stereocenters. The van der Waals surface area contributed by atoms with Gasteiger partial charge >= 0.3 is 0 Å². The van der Waals surface area contributed by atoms with Crippen molar-refractivity contribution in [3.8, 4) is 0 Å². The Morgan fingerprint density at radius 1 is 0.957 bits per heavy atom. The zero-order valence-electron chi connectivity index (χ0n) is 14.3. The summed E-state index contributed by atoms with van der Waals surface area (Å²) in [6.07, 6.45) is 2.38. The summed E-state index contributed by atoms with van der Waals surface area (Å²) in [5, 5.41) is 6.08. The molecule has 0 atom stereocenters. The third-order valence-electron chi connectivity index (χ3n) is 4.17. The molecule has 3 rings (SSSR count). The summed E-state index contributed by atoms with van der Waals surface area (Å²) in [5.41, 5.74) is 4.59. The Morgan fingerprint density at radius 3 is 2.57 bits per heavy atom. The summed E-state index contributed by atoms with van der Waals surface area (Å²) >= 11 is 0. The Balaban J connectivity index is 1.91. The maximum absolute atomic E-state index is 4.82. The van der Waals surface area contributed by atoms with Gasteiger partial charge in [0, 0.05) is 17.3 Å². The van der Waals surface area contributed by atoms with Gasteiger partial charge in [-0.2, -0.15) is 0 Å². The van der Waals surface area contributed by atoms with Gasteiger partial charge in [-0.05, 0) is 58.1 Å².